The molecule has 0 saturated carbocycles. The van der Waals surface area contributed by atoms with Crippen LogP contribution >= 0.6 is 0 Å². The van der Waals surface area contributed by atoms with E-state index in [1.807, 2.05) is 18.2 Å². The highest BCUT2D eigenvalue weighted by atomic mass is 32.2. The molecule has 2 aromatic heterocycles. The zero-order valence-electron chi connectivity index (χ0n) is 13.0. The Morgan fingerprint density at radius 3 is 2.65 bits per heavy atom. The Morgan fingerprint density at radius 1 is 1.00 bits per heavy atom. The van der Waals surface area contributed by atoms with Gasteiger partial charge in [0.25, 0.3) is 0 Å². The van der Waals surface area contributed by atoms with Crippen molar-refractivity contribution in [3.8, 4) is 17.3 Å². The number of fused-ring (bicyclic) bond motifs is 2. The molecule has 0 aromatic carbocycles. The minimum atomic E-state index is -3.36. The number of ether oxygens (including phenoxy) is 1. The molecule has 23 heavy (non-hydrogen) atoms. The first kappa shape index (κ1) is 14.6. The van der Waals surface area contributed by atoms with Gasteiger partial charge in [-0.3, -0.25) is 0 Å². The van der Waals surface area contributed by atoms with Gasteiger partial charge in [0.15, 0.2) is 14.9 Å². The van der Waals surface area contributed by atoms with Gasteiger partial charge < -0.3 is 4.74 Å². The van der Waals surface area contributed by atoms with Gasteiger partial charge in [0.2, 0.25) is 5.88 Å². The molecule has 0 fully saturated rings. The molecule has 0 N–H and O–H groups in total. The number of hydrogen-bond donors (Lipinski definition) is 0. The summed E-state index contributed by atoms with van der Waals surface area (Å²) in [7, 11) is -3.36. The third kappa shape index (κ3) is 2.61. The predicted molar refractivity (Wildman–Crippen MR) is 86.4 cm³/mol. The maximum Gasteiger partial charge on any atom is 0.217 e. The fraction of sp³-hybridized carbons (Fsp3) is 0.412. The average molecular weight is 330 g/mol. The smallest absolute Gasteiger partial charge is 0.217 e. The maximum atomic E-state index is 12.2. The summed E-state index contributed by atoms with van der Waals surface area (Å²) in [4.78, 5) is 8.96. The lowest BCUT2D eigenvalue weighted by Crippen LogP contribution is -2.13. The Kier molecular flexibility index (Phi) is 3.37. The van der Waals surface area contributed by atoms with Crippen LogP contribution in [-0.2, 0) is 29.1 Å². The third-order valence-corrected chi connectivity index (χ3v) is 5.50. The van der Waals surface area contributed by atoms with Crippen molar-refractivity contribution in [1.82, 2.24) is 9.97 Å². The van der Waals surface area contributed by atoms with Crippen molar-refractivity contribution in [2.75, 3.05) is 12.9 Å². The van der Waals surface area contributed by atoms with Crippen LogP contribution in [0.2, 0.25) is 0 Å². The van der Waals surface area contributed by atoms with Gasteiger partial charge in [-0.15, -0.1) is 0 Å². The highest BCUT2D eigenvalue weighted by Crippen LogP contribution is 2.32. The van der Waals surface area contributed by atoms with E-state index in [9.17, 15) is 8.42 Å². The molecule has 3 heterocycles. The molecule has 0 saturated heterocycles. The number of rotatable bonds is 2. The Bertz CT molecular complexity index is 891. The average Bonchev–Trinajstić information content (AvgIpc) is 3.00. The summed E-state index contributed by atoms with van der Waals surface area (Å²) < 4.78 is 29.8. The minimum Gasteiger partial charge on any atom is -0.477 e. The molecule has 0 atom stereocenters. The highest BCUT2D eigenvalue weighted by Gasteiger charge is 2.23. The van der Waals surface area contributed by atoms with Gasteiger partial charge in [-0.25, -0.2) is 18.4 Å². The van der Waals surface area contributed by atoms with Crippen LogP contribution in [0.4, 0.5) is 0 Å². The SMILES string of the molecule is CS(=O)(=O)c1nc(-c2ccc3c(n2)OCC3)cc2c1CCCC2. The first-order valence-electron chi connectivity index (χ1n) is 7.88. The summed E-state index contributed by atoms with van der Waals surface area (Å²) in [6, 6.07) is 5.88. The molecule has 0 spiro atoms. The minimum absolute atomic E-state index is 0.216. The molecule has 5 nitrogen and oxygen atoms in total. The summed E-state index contributed by atoms with van der Waals surface area (Å²) in [5.74, 6) is 0.642. The van der Waals surface area contributed by atoms with Gasteiger partial charge in [0, 0.05) is 18.2 Å². The molecular formula is C17H18N2O3S. The van der Waals surface area contributed by atoms with Crippen molar-refractivity contribution in [2.45, 2.75) is 37.1 Å². The number of aromatic nitrogens is 2. The van der Waals surface area contributed by atoms with Crippen LogP contribution in [-0.4, -0.2) is 31.2 Å². The second-order valence-corrected chi connectivity index (χ2v) is 8.12. The van der Waals surface area contributed by atoms with Crippen molar-refractivity contribution >= 4 is 9.84 Å². The van der Waals surface area contributed by atoms with E-state index < -0.39 is 9.84 Å². The topological polar surface area (TPSA) is 69.2 Å². The number of sulfone groups is 1. The van der Waals surface area contributed by atoms with Gasteiger partial charge >= 0.3 is 0 Å². The molecular weight excluding hydrogens is 312 g/mol. The van der Waals surface area contributed by atoms with E-state index in [-0.39, 0.29) is 5.03 Å². The van der Waals surface area contributed by atoms with E-state index in [2.05, 4.69) is 9.97 Å². The fourth-order valence-electron chi connectivity index (χ4n) is 3.33. The summed E-state index contributed by atoms with van der Waals surface area (Å²) >= 11 is 0. The molecule has 0 bridgehead atoms. The predicted octanol–water partition coefficient (Wildman–Crippen LogP) is 2.36. The molecule has 0 radical (unpaired) electrons. The van der Waals surface area contributed by atoms with Gasteiger partial charge in [-0.2, -0.15) is 0 Å². The molecule has 0 amide bonds. The molecule has 120 valence electrons. The fourth-order valence-corrected chi connectivity index (χ4v) is 4.27. The van der Waals surface area contributed by atoms with Crippen molar-refractivity contribution in [3.63, 3.8) is 0 Å². The second-order valence-electron chi connectivity index (χ2n) is 6.19. The van der Waals surface area contributed by atoms with E-state index in [4.69, 9.17) is 4.74 Å². The lowest BCUT2D eigenvalue weighted by molar-refractivity contribution is 0.345. The quantitative estimate of drug-likeness (QED) is 0.845. The van der Waals surface area contributed by atoms with Crippen LogP contribution < -0.4 is 4.74 Å². The Labute approximate surface area is 135 Å². The van der Waals surface area contributed by atoms with Gasteiger partial charge in [0.1, 0.15) is 0 Å². The van der Waals surface area contributed by atoms with Crippen molar-refractivity contribution in [3.05, 3.63) is 34.9 Å². The summed E-state index contributed by atoms with van der Waals surface area (Å²) in [5.41, 5.74) is 4.35. The Morgan fingerprint density at radius 2 is 1.83 bits per heavy atom. The normalized spacial score (nSPS) is 16.6. The van der Waals surface area contributed by atoms with Crippen LogP contribution in [0.5, 0.6) is 5.88 Å². The molecule has 0 unspecified atom stereocenters. The summed E-state index contributed by atoms with van der Waals surface area (Å²) in [6.07, 6.45) is 5.88. The van der Waals surface area contributed by atoms with Gasteiger partial charge in [0.05, 0.1) is 18.0 Å². The number of pyridine rings is 2. The van der Waals surface area contributed by atoms with Crippen molar-refractivity contribution < 1.29 is 13.2 Å². The van der Waals surface area contributed by atoms with Crippen molar-refractivity contribution in [1.29, 1.82) is 0 Å². The third-order valence-electron chi connectivity index (χ3n) is 4.46. The number of aryl methyl sites for hydroxylation is 1. The standard InChI is InChI=1S/C17H18N2O3S/c1-23(20,21)17-13-5-3-2-4-12(13)10-15(19-17)14-7-6-11-8-9-22-16(11)18-14/h6-7,10H,2-5,8-9H2,1H3. The van der Waals surface area contributed by atoms with E-state index in [0.29, 0.717) is 23.9 Å². The van der Waals surface area contributed by atoms with Crippen LogP contribution in [0.25, 0.3) is 11.4 Å². The number of nitrogens with zero attached hydrogens (tertiary/aromatic N) is 2. The molecule has 2 aromatic rings. The summed E-state index contributed by atoms with van der Waals surface area (Å²) in [5, 5.41) is 0.216. The van der Waals surface area contributed by atoms with E-state index >= 15 is 0 Å². The monoisotopic (exact) mass is 330 g/mol. The zero-order valence-corrected chi connectivity index (χ0v) is 13.8. The van der Waals surface area contributed by atoms with Gasteiger partial charge in [-0.05, 0) is 48.9 Å². The first-order valence-corrected chi connectivity index (χ1v) is 9.77. The molecule has 6 heteroatoms. The largest absolute Gasteiger partial charge is 0.477 e. The summed E-state index contributed by atoms with van der Waals surface area (Å²) in [6.45, 7) is 0.651. The van der Waals surface area contributed by atoms with E-state index in [1.165, 1.54) is 6.26 Å². The second kappa shape index (κ2) is 5.30. The van der Waals surface area contributed by atoms with E-state index in [1.54, 1.807) is 0 Å². The maximum absolute atomic E-state index is 12.2. The van der Waals surface area contributed by atoms with Crippen LogP contribution in [0.3, 0.4) is 0 Å². The molecule has 1 aliphatic carbocycles. The molecule has 4 rings (SSSR count). The lowest BCUT2D eigenvalue weighted by Gasteiger charge is -2.19. The Hall–Kier alpha value is -1.95. The van der Waals surface area contributed by atoms with Crippen molar-refractivity contribution in [2.24, 2.45) is 0 Å². The van der Waals surface area contributed by atoms with Crippen LogP contribution in [0.15, 0.2) is 23.2 Å². The first-order chi connectivity index (χ1) is 11.0. The highest BCUT2D eigenvalue weighted by molar-refractivity contribution is 7.90. The van der Waals surface area contributed by atoms with E-state index in [0.717, 1.165) is 48.8 Å². The number of hydrogen-bond acceptors (Lipinski definition) is 5. The molecule has 1 aliphatic heterocycles. The Balaban J connectivity index is 1.89. The zero-order chi connectivity index (χ0) is 16.0. The van der Waals surface area contributed by atoms with Gasteiger partial charge in [-0.1, -0.05) is 6.07 Å². The van der Waals surface area contributed by atoms with Crippen LogP contribution in [0.1, 0.15) is 29.5 Å². The molecule has 2 aliphatic rings. The van der Waals surface area contributed by atoms with Crippen LogP contribution in [0, 0.1) is 0 Å². The lowest BCUT2D eigenvalue weighted by atomic mass is 9.92.